The van der Waals surface area contributed by atoms with Crippen LogP contribution in [0.3, 0.4) is 0 Å². The monoisotopic (exact) mass is 290 g/mol. The first kappa shape index (κ1) is 15.8. The summed E-state index contributed by atoms with van der Waals surface area (Å²) in [6, 6.07) is 7.36. The zero-order valence-corrected chi connectivity index (χ0v) is 11.5. The molecular weight excluding hydrogens is 272 g/mol. The molecule has 6 heteroatoms. The number of hydrogen-bond acceptors (Lipinski definition) is 6. The molecule has 0 radical (unpaired) electrons. The Kier molecular flexibility index (Phi) is 7.06. The fraction of sp³-hybridized carbons (Fsp3) is 0.500. The van der Waals surface area contributed by atoms with Crippen molar-refractivity contribution in [3.05, 3.63) is 29.8 Å². The van der Waals surface area contributed by atoms with Crippen LogP contribution in [0.25, 0.3) is 0 Å². The Morgan fingerprint density at radius 2 is 1.78 bits per heavy atom. The fourth-order valence-corrected chi connectivity index (χ4v) is 2.82. The van der Waals surface area contributed by atoms with E-state index in [0.717, 1.165) is 10.5 Å². The van der Waals surface area contributed by atoms with E-state index in [1.54, 1.807) is 0 Å². The molecule has 0 aliphatic rings. The van der Waals surface area contributed by atoms with Crippen LogP contribution in [0.4, 0.5) is 0 Å². The van der Waals surface area contributed by atoms with Gasteiger partial charge in [-0.15, -0.1) is 11.8 Å². The molecule has 0 saturated carbocycles. The van der Waals surface area contributed by atoms with E-state index in [-0.39, 0.29) is 13.2 Å². The predicted octanol–water partition coefficient (Wildman–Crippen LogP) is 0.456. The average Bonchev–Trinajstić information content (AvgIpc) is 2.43. The standard InChI is InChI=1S/C12H18O4S2/c13-5-8(15)7-18-11-4-2-1-3-9(11)12(17)10(16)6-14/h1-4,8,10,12-17H,5-7H2. The second-order valence-electron chi connectivity index (χ2n) is 3.88. The number of aliphatic hydroxyl groups excluding tert-OH is 4. The fourth-order valence-electron chi connectivity index (χ4n) is 1.40. The summed E-state index contributed by atoms with van der Waals surface area (Å²) in [6.45, 7) is -0.634. The molecular formula is C12H18O4S2. The molecule has 0 aromatic heterocycles. The molecule has 0 fully saturated rings. The molecule has 0 bridgehead atoms. The quantitative estimate of drug-likeness (QED) is 0.372. The first-order valence-corrected chi connectivity index (χ1v) is 7.08. The Hall–Kier alpha value is -0.240. The number of aliphatic hydroxyl groups is 4. The maximum atomic E-state index is 9.60. The molecule has 0 heterocycles. The first-order valence-electron chi connectivity index (χ1n) is 5.57. The van der Waals surface area contributed by atoms with Crippen molar-refractivity contribution in [3.63, 3.8) is 0 Å². The maximum absolute atomic E-state index is 9.60. The van der Waals surface area contributed by atoms with Crippen molar-refractivity contribution in [2.45, 2.75) is 22.4 Å². The van der Waals surface area contributed by atoms with Gasteiger partial charge in [-0.2, -0.15) is 12.6 Å². The Labute approximate surface area is 116 Å². The molecule has 0 aliphatic carbocycles. The van der Waals surface area contributed by atoms with Crippen molar-refractivity contribution in [1.29, 1.82) is 0 Å². The van der Waals surface area contributed by atoms with Crippen molar-refractivity contribution in [3.8, 4) is 0 Å². The SMILES string of the molecule is OCC(O)CSc1ccccc1C(S)C(O)CO. The van der Waals surface area contributed by atoms with Gasteiger partial charge in [0.25, 0.3) is 0 Å². The number of thioether (sulfide) groups is 1. The highest BCUT2D eigenvalue weighted by Crippen LogP contribution is 2.33. The van der Waals surface area contributed by atoms with Gasteiger partial charge in [-0.1, -0.05) is 18.2 Å². The second kappa shape index (κ2) is 8.04. The van der Waals surface area contributed by atoms with Crippen molar-refractivity contribution in [2.75, 3.05) is 19.0 Å². The van der Waals surface area contributed by atoms with E-state index in [0.29, 0.717) is 5.75 Å². The van der Waals surface area contributed by atoms with E-state index in [1.165, 1.54) is 11.8 Å². The number of rotatable bonds is 7. The van der Waals surface area contributed by atoms with Gasteiger partial charge in [0, 0.05) is 10.6 Å². The van der Waals surface area contributed by atoms with Crippen LogP contribution in [0.5, 0.6) is 0 Å². The summed E-state index contributed by atoms with van der Waals surface area (Å²) < 4.78 is 0. The average molecular weight is 290 g/mol. The van der Waals surface area contributed by atoms with Crippen molar-refractivity contribution < 1.29 is 20.4 Å². The minimum atomic E-state index is -0.933. The maximum Gasteiger partial charge on any atom is 0.0927 e. The molecule has 3 atom stereocenters. The van der Waals surface area contributed by atoms with E-state index in [2.05, 4.69) is 12.6 Å². The Bertz CT molecular complexity index is 362. The van der Waals surface area contributed by atoms with Crippen LogP contribution in [-0.2, 0) is 0 Å². The van der Waals surface area contributed by atoms with Crippen LogP contribution in [0, 0.1) is 0 Å². The normalized spacial score (nSPS) is 16.3. The predicted molar refractivity (Wildman–Crippen MR) is 75.1 cm³/mol. The summed E-state index contributed by atoms with van der Waals surface area (Å²) >= 11 is 5.68. The zero-order chi connectivity index (χ0) is 13.5. The lowest BCUT2D eigenvalue weighted by Crippen LogP contribution is -2.19. The Balaban J connectivity index is 2.79. The second-order valence-corrected chi connectivity index (χ2v) is 5.50. The lowest BCUT2D eigenvalue weighted by Gasteiger charge is -2.19. The van der Waals surface area contributed by atoms with E-state index in [1.807, 2.05) is 24.3 Å². The molecule has 4 N–H and O–H groups in total. The molecule has 4 nitrogen and oxygen atoms in total. The Morgan fingerprint density at radius 3 is 2.39 bits per heavy atom. The molecule has 1 rings (SSSR count). The largest absolute Gasteiger partial charge is 0.394 e. The molecule has 0 aliphatic heterocycles. The molecule has 1 aromatic rings. The van der Waals surface area contributed by atoms with Crippen LogP contribution in [0.15, 0.2) is 29.2 Å². The third-order valence-corrected chi connectivity index (χ3v) is 4.29. The van der Waals surface area contributed by atoms with Gasteiger partial charge in [0.05, 0.1) is 30.7 Å². The minimum absolute atomic E-state index is 0.279. The van der Waals surface area contributed by atoms with E-state index >= 15 is 0 Å². The third kappa shape index (κ3) is 4.46. The van der Waals surface area contributed by atoms with Gasteiger partial charge in [0.15, 0.2) is 0 Å². The van der Waals surface area contributed by atoms with Crippen molar-refractivity contribution in [1.82, 2.24) is 0 Å². The molecule has 18 heavy (non-hydrogen) atoms. The summed E-state index contributed by atoms with van der Waals surface area (Å²) in [7, 11) is 0. The lowest BCUT2D eigenvalue weighted by atomic mass is 10.1. The number of thiol groups is 1. The minimum Gasteiger partial charge on any atom is -0.394 e. The van der Waals surface area contributed by atoms with E-state index in [9.17, 15) is 10.2 Å². The number of benzene rings is 1. The van der Waals surface area contributed by atoms with E-state index in [4.69, 9.17) is 10.2 Å². The van der Waals surface area contributed by atoms with Crippen molar-refractivity contribution in [2.24, 2.45) is 0 Å². The molecule has 0 amide bonds. The van der Waals surface area contributed by atoms with Gasteiger partial charge in [0.2, 0.25) is 0 Å². The molecule has 1 aromatic carbocycles. The summed E-state index contributed by atoms with van der Waals surface area (Å²) in [5.41, 5.74) is 0.803. The van der Waals surface area contributed by atoms with E-state index < -0.39 is 17.5 Å². The van der Waals surface area contributed by atoms with Gasteiger partial charge in [-0.05, 0) is 11.6 Å². The highest BCUT2D eigenvalue weighted by molar-refractivity contribution is 7.99. The van der Waals surface area contributed by atoms with Gasteiger partial charge >= 0.3 is 0 Å². The highest BCUT2D eigenvalue weighted by atomic mass is 32.2. The summed E-state index contributed by atoms with van der Waals surface area (Å²) in [4.78, 5) is 0.873. The van der Waals surface area contributed by atoms with Gasteiger partial charge < -0.3 is 20.4 Å². The van der Waals surface area contributed by atoms with Crippen LogP contribution in [0.1, 0.15) is 10.8 Å². The smallest absolute Gasteiger partial charge is 0.0927 e. The third-order valence-electron chi connectivity index (χ3n) is 2.43. The summed E-state index contributed by atoms with van der Waals surface area (Å²) in [6.07, 6.45) is -1.71. The topological polar surface area (TPSA) is 80.9 Å². The first-order chi connectivity index (χ1) is 8.60. The van der Waals surface area contributed by atoms with Crippen molar-refractivity contribution >= 4 is 24.4 Å². The Morgan fingerprint density at radius 1 is 1.11 bits per heavy atom. The van der Waals surface area contributed by atoms with Crippen LogP contribution >= 0.6 is 24.4 Å². The van der Waals surface area contributed by atoms with Crippen LogP contribution in [-0.4, -0.2) is 51.6 Å². The molecule has 0 saturated heterocycles. The molecule has 102 valence electrons. The van der Waals surface area contributed by atoms with Gasteiger partial charge in [-0.25, -0.2) is 0 Å². The number of hydrogen-bond donors (Lipinski definition) is 5. The highest BCUT2D eigenvalue weighted by Gasteiger charge is 2.19. The summed E-state index contributed by atoms with van der Waals surface area (Å²) in [5.74, 6) is 0.364. The van der Waals surface area contributed by atoms with Crippen LogP contribution in [0.2, 0.25) is 0 Å². The zero-order valence-electron chi connectivity index (χ0n) is 9.81. The van der Waals surface area contributed by atoms with Crippen LogP contribution < -0.4 is 0 Å². The van der Waals surface area contributed by atoms with Gasteiger partial charge in [-0.3, -0.25) is 0 Å². The summed E-state index contributed by atoms with van der Waals surface area (Å²) in [5, 5.41) is 36.1. The molecule has 0 spiro atoms. The molecule has 3 unspecified atom stereocenters. The van der Waals surface area contributed by atoms with Gasteiger partial charge in [0.1, 0.15) is 0 Å². The lowest BCUT2D eigenvalue weighted by molar-refractivity contribution is 0.0931.